The van der Waals surface area contributed by atoms with Gasteiger partial charge >= 0.3 is 0 Å². The number of carbonyl (C=O) groups is 1. The maximum Gasteiger partial charge on any atom is 0.293 e. The number of amides is 1. The molecule has 26 heavy (non-hydrogen) atoms. The van der Waals surface area contributed by atoms with Crippen LogP contribution in [0.1, 0.15) is 35.2 Å². The van der Waals surface area contributed by atoms with E-state index >= 15 is 0 Å². The van der Waals surface area contributed by atoms with E-state index in [4.69, 9.17) is 0 Å². The second-order valence-corrected chi connectivity index (χ2v) is 6.72. The van der Waals surface area contributed by atoms with E-state index in [1.165, 1.54) is 17.0 Å². The first-order valence-corrected chi connectivity index (χ1v) is 8.69. The predicted molar refractivity (Wildman–Crippen MR) is 96.1 cm³/mol. The Morgan fingerprint density at radius 2 is 2.08 bits per heavy atom. The first kappa shape index (κ1) is 16.5. The molecule has 0 aromatic heterocycles. The first-order chi connectivity index (χ1) is 12.5. The number of fused-ring (bicyclic) bond motifs is 1. The SMILES string of the molecule is O=C(c1ccc(NC2CC2)c([N+](=O)[O-])c1)N1CCCc2cccc(F)c21. The number of nitro groups is 1. The fourth-order valence-corrected chi connectivity index (χ4v) is 3.35. The smallest absolute Gasteiger partial charge is 0.293 e. The quantitative estimate of drug-likeness (QED) is 0.667. The van der Waals surface area contributed by atoms with Crippen LogP contribution in [-0.2, 0) is 6.42 Å². The van der Waals surface area contributed by atoms with Gasteiger partial charge in [0.25, 0.3) is 11.6 Å². The van der Waals surface area contributed by atoms with Gasteiger partial charge in [0.15, 0.2) is 0 Å². The lowest BCUT2D eigenvalue weighted by Gasteiger charge is -2.29. The number of hydrogen-bond acceptors (Lipinski definition) is 4. The van der Waals surface area contributed by atoms with E-state index < -0.39 is 16.6 Å². The minimum Gasteiger partial charge on any atom is -0.377 e. The fraction of sp³-hybridized carbons (Fsp3) is 0.316. The number of para-hydroxylation sites is 1. The Hall–Kier alpha value is -2.96. The number of carbonyl (C=O) groups excluding carboxylic acids is 1. The highest BCUT2D eigenvalue weighted by molar-refractivity contribution is 6.07. The Bertz CT molecular complexity index is 896. The average molecular weight is 355 g/mol. The molecule has 0 radical (unpaired) electrons. The van der Waals surface area contributed by atoms with E-state index in [1.807, 2.05) is 6.07 Å². The number of nitrogens with one attached hydrogen (secondary N) is 1. The van der Waals surface area contributed by atoms with Crippen molar-refractivity contribution in [2.24, 2.45) is 0 Å². The average Bonchev–Trinajstić information content (AvgIpc) is 3.45. The summed E-state index contributed by atoms with van der Waals surface area (Å²) in [6, 6.07) is 9.44. The number of nitro benzene ring substituents is 1. The molecule has 1 fully saturated rings. The summed E-state index contributed by atoms with van der Waals surface area (Å²) in [5, 5.41) is 14.5. The highest BCUT2D eigenvalue weighted by Crippen LogP contribution is 2.34. The van der Waals surface area contributed by atoms with Crippen molar-refractivity contribution in [3.8, 4) is 0 Å². The van der Waals surface area contributed by atoms with Gasteiger partial charge in [-0.25, -0.2) is 4.39 Å². The van der Waals surface area contributed by atoms with Crippen molar-refractivity contribution in [3.63, 3.8) is 0 Å². The molecule has 1 aliphatic carbocycles. The summed E-state index contributed by atoms with van der Waals surface area (Å²) in [7, 11) is 0. The van der Waals surface area contributed by atoms with E-state index in [2.05, 4.69) is 5.32 Å². The standard InChI is InChI=1S/C19H18FN3O3/c20-15-5-1-3-12-4-2-10-22(18(12)15)19(24)13-6-9-16(21-14-7-8-14)17(11-13)23(25)26/h1,3,5-6,9,11,14,21H,2,4,7-8,10H2. The van der Waals surface area contributed by atoms with Crippen LogP contribution in [0.5, 0.6) is 0 Å². The van der Waals surface area contributed by atoms with E-state index in [9.17, 15) is 19.3 Å². The zero-order valence-corrected chi connectivity index (χ0v) is 14.1. The summed E-state index contributed by atoms with van der Waals surface area (Å²) >= 11 is 0. The van der Waals surface area contributed by atoms with Gasteiger partial charge in [0.2, 0.25) is 0 Å². The summed E-state index contributed by atoms with van der Waals surface area (Å²) in [6.45, 7) is 0.392. The Kier molecular flexibility index (Phi) is 4.06. The van der Waals surface area contributed by atoms with Gasteiger partial charge in [-0.3, -0.25) is 14.9 Å². The third kappa shape index (κ3) is 3.00. The number of anilines is 2. The molecule has 1 heterocycles. The predicted octanol–water partition coefficient (Wildman–Crippen LogP) is 3.90. The van der Waals surface area contributed by atoms with E-state index in [-0.39, 0.29) is 23.0 Å². The second kappa shape index (κ2) is 6.40. The molecule has 2 aromatic carbocycles. The monoisotopic (exact) mass is 355 g/mol. The highest BCUT2D eigenvalue weighted by Gasteiger charge is 2.29. The molecule has 7 heteroatoms. The summed E-state index contributed by atoms with van der Waals surface area (Å²) in [6.07, 6.45) is 3.41. The van der Waals surface area contributed by atoms with Crippen LogP contribution >= 0.6 is 0 Å². The fourth-order valence-electron chi connectivity index (χ4n) is 3.35. The normalized spacial score (nSPS) is 16.1. The van der Waals surface area contributed by atoms with Crippen LogP contribution in [0.4, 0.5) is 21.5 Å². The van der Waals surface area contributed by atoms with Crippen molar-refractivity contribution < 1.29 is 14.1 Å². The Labute approximate surface area is 149 Å². The van der Waals surface area contributed by atoms with Crippen molar-refractivity contribution >= 4 is 23.0 Å². The molecule has 0 atom stereocenters. The molecular formula is C19H18FN3O3. The largest absolute Gasteiger partial charge is 0.377 e. The molecule has 1 amide bonds. The lowest BCUT2D eigenvalue weighted by Crippen LogP contribution is -2.36. The second-order valence-electron chi connectivity index (χ2n) is 6.72. The molecule has 0 saturated heterocycles. The van der Waals surface area contributed by atoms with E-state index in [1.54, 1.807) is 18.2 Å². The zero-order chi connectivity index (χ0) is 18.3. The van der Waals surface area contributed by atoms with E-state index in [0.29, 0.717) is 18.7 Å². The summed E-state index contributed by atoms with van der Waals surface area (Å²) in [5.41, 5.74) is 1.54. The molecule has 6 nitrogen and oxygen atoms in total. The maximum atomic E-state index is 14.3. The van der Waals surface area contributed by atoms with Crippen LogP contribution < -0.4 is 10.2 Å². The zero-order valence-electron chi connectivity index (χ0n) is 14.1. The van der Waals surface area contributed by atoms with Gasteiger partial charge in [-0.1, -0.05) is 12.1 Å². The molecule has 134 valence electrons. The molecule has 1 aliphatic heterocycles. The number of hydrogen-bond donors (Lipinski definition) is 1. The van der Waals surface area contributed by atoms with Gasteiger partial charge in [-0.05, 0) is 49.4 Å². The van der Waals surface area contributed by atoms with E-state index in [0.717, 1.165) is 24.8 Å². The molecule has 2 aromatic rings. The van der Waals surface area contributed by atoms with Crippen LogP contribution in [0, 0.1) is 15.9 Å². The minimum atomic E-state index is -0.494. The van der Waals surface area contributed by atoms with Gasteiger partial charge in [0, 0.05) is 24.2 Å². The summed E-state index contributed by atoms with van der Waals surface area (Å²) in [5.74, 6) is -0.866. The highest BCUT2D eigenvalue weighted by atomic mass is 19.1. The number of benzene rings is 2. The first-order valence-electron chi connectivity index (χ1n) is 8.69. The van der Waals surface area contributed by atoms with Crippen LogP contribution in [0.15, 0.2) is 36.4 Å². The molecule has 2 aliphatic rings. The van der Waals surface area contributed by atoms with Crippen LogP contribution in [0.3, 0.4) is 0 Å². The lowest BCUT2D eigenvalue weighted by atomic mass is 10.00. The number of rotatable bonds is 4. The molecule has 1 N–H and O–H groups in total. The number of nitrogens with zero attached hydrogens (tertiary/aromatic N) is 2. The van der Waals surface area contributed by atoms with Gasteiger partial charge in [-0.2, -0.15) is 0 Å². The summed E-state index contributed by atoms with van der Waals surface area (Å²) < 4.78 is 14.3. The van der Waals surface area contributed by atoms with Gasteiger partial charge in [0.05, 0.1) is 10.6 Å². The molecule has 4 rings (SSSR count). The van der Waals surface area contributed by atoms with Crippen molar-refractivity contribution in [1.29, 1.82) is 0 Å². The van der Waals surface area contributed by atoms with Gasteiger partial charge in [-0.15, -0.1) is 0 Å². The Balaban J connectivity index is 1.69. The molecule has 0 unspecified atom stereocenters. The van der Waals surface area contributed by atoms with Gasteiger partial charge < -0.3 is 10.2 Å². The summed E-state index contributed by atoms with van der Waals surface area (Å²) in [4.78, 5) is 25.3. The Morgan fingerprint density at radius 1 is 1.27 bits per heavy atom. The minimum absolute atomic E-state index is 0.131. The van der Waals surface area contributed by atoms with Crippen molar-refractivity contribution in [3.05, 3.63) is 63.5 Å². The number of aryl methyl sites for hydroxylation is 1. The number of halogens is 1. The van der Waals surface area contributed by atoms with Crippen LogP contribution in [0.2, 0.25) is 0 Å². The molecular weight excluding hydrogens is 337 g/mol. The molecule has 1 saturated carbocycles. The van der Waals surface area contributed by atoms with Crippen LogP contribution in [-0.4, -0.2) is 23.4 Å². The molecule has 0 spiro atoms. The third-order valence-electron chi connectivity index (χ3n) is 4.79. The third-order valence-corrected chi connectivity index (χ3v) is 4.79. The lowest BCUT2D eigenvalue weighted by molar-refractivity contribution is -0.384. The van der Waals surface area contributed by atoms with Crippen molar-refractivity contribution in [1.82, 2.24) is 0 Å². The molecule has 0 bridgehead atoms. The Morgan fingerprint density at radius 3 is 2.81 bits per heavy atom. The maximum absolute atomic E-state index is 14.3. The van der Waals surface area contributed by atoms with Gasteiger partial charge in [0.1, 0.15) is 11.5 Å². The van der Waals surface area contributed by atoms with Crippen LogP contribution in [0.25, 0.3) is 0 Å². The topological polar surface area (TPSA) is 75.5 Å². The van der Waals surface area contributed by atoms with Crippen molar-refractivity contribution in [2.45, 2.75) is 31.7 Å². The van der Waals surface area contributed by atoms with Crippen molar-refractivity contribution in [2.75, 3.05) is 16.8 Å².